The van der Waals surface area contributed by atoms with Crippen molar-refractivity contribution in [2.45, 2.75) is 0 Å². The monoisotopic (exact) mass is 281 g/mol. The first-order chi connectivity index (χ1) is 10.1. The molecule has 0 aliphatic rings. The van der Waals surface area contributed by atoms with Crippen molar-refractivity contribution >= 4 is 16.7 Å². The van der Waals surface area contributed by atoms with Gasteiger partial charge in [-0.05, 0) is 41.8 Å². The number of carboxylic acids is 1. The lowest BCUT2D eigenvalue weighted by atomic mass is 10.1. The molecule has 0 aliphatic heterocycles. The fourth-order valence-electron chi connectivity index (χ4n) is 2.05. The molecular weight excluding hydrogens is 270 g/mol. The van der Waals surface area contributed by atoms with Crippen molar-refractivity contribution in [1.82, 2.24) is 4.98 Å². The van der Waals surface area contributed by atoms with E-state index < -0.39 is 11.5 Å². The Morgan fingerprint density at radius 2 is 1.76 bits per heavy atom. The van der Waals surface area contributed by atoms with Crippen LogP contribution in [0.5, 0.6) is 11.5 Å². The molecule has 104 valence electrons. The molecule has 5 heteroatoms. The quantitative estimate of drug-likeness (QED) is 0.773. The molecule has 0 amide bonds. The maximum atomic E-state index is 11.8. The Bertz CT molecular complexity index is 868. The SMILES string of the molecule is O=C(O)c1cc2cc(Oc3ccccc3)ccc2c(=O)[nH]1. The second-order valence-electron chi connectivity index (χ2n) is 4.48. The number of benzene rings is 2. The highest BCUT2D eigenvalue weighted by Crippen LogP contribution is 2.24. The molecule has 0 atom stereocenters. The van der Waals surface area contributed by atoms with Crippen molar-refractivity contribution in [2.24, 2.45) is 0 Å². The predicted molar refractivity (Wildman–Crippen MR) is 78.0 cm³/mol. The zero-order chi connectivity index (χ0) is 14.8. The second-order valence-corrected chi connectivity index (χ2v) is 4.48. The van der Waals surface area contributed by atoms with Crippen LogP contribution in [0.15, 0.2) is 59.4 Å². The van der Waals surface area contributed by atoms with Crippen molar-refractivity contribution in [2.75, 3.05) is 0 Å². The molecule has 1 heterocycles. The highest BCUT2D eigenvalue weighted by atomic mass is 16.5. The molecule has 0 saturated heterocycles. The molecule has 5 nitrogen and oxygen atoms in total. The van der Waals surface area contributed by atoms with Crippen LogP contribution in [0.4, 0.5) is 0 Å². The minimum Gasteiger partial charge on any atom is -0.477 e. The highest BCUT2D eigenvalue weighted by Gasteiger charge is 2.08. The molecule has 21 heavy (non-hydrogen) atoms. The lowest BCUT2D eigenvalue weighted by Gasteiger charge is -2.07. The van der Waals surface area contributed by atoms with E-state index in [-0.39, 0.29) is 5.69 Å². The van der Waals surface area contributed by atoms with Gasteiger partial charge in [-0.3, -0.25) is 4.79 Å². The zero-order valence-corrected chi connectivity index (χ0v) is 10.9. The van der Waals surface area contributed by atoms with E-state index in [1.165, 1.54) is 6.07 Å². The summed E-state index contributed by atoms with van der Waals surface area (Å²) in [5.74, 6) is 0.0270. The normalized spacial score (nSPS) is 10.5. The first-order valence-corrected chi connectivity index (χ1v) is 6.27. The topological polar surface area (TPSA) is 79.4 Å². The number of H-pyrrole nitrogens is 1. The van der Waals surface area contributed by atoms with E-state index >= 15 is 0 Å². The van der Waals surface area contributed by atoms with Crippen LogP contribution in [-0.2, 0) is 0 Å². The standard InChI is InChI=1S/C16H11NO4/c18-15-13-7-6-12(21-11-4-2-1-3-5-11)8-10(13)9-14(17-15)16(19)20/h1-9H,(H,17,18)(H,19,20). The Morgan fingerprint density at radius 3 is 2.48 bits per heavy atom. The van der Waals surface area contributed by atoms with E-state index in [2.05, 4.69) is 4.98 Å². The van der Waals surface area contributed by atoms with E-state index in [9.17, 15) is 9.59 Å². The van der Waals surface area contributed by atoms with Crippen molar-refractivity contribution in [3.8, 4) is 11.5 Å². The number of hydrogen-bond donors (Lipinski definition) is 2. The van der Waals surface area contributed by atoms with E-state index in [1.54, 1.807) is 18.2 Å². The number of aromatic amines is 1. The number of para-hydroxylation sites is 1. The fraction of sp³-hybridized carbons (Fsp3) is 0. The molecule has 0 bridgehead atoms. The van der Waals surface area contributed by atoms with Crippen molar-refractivity contribution in [1.29, 1.82) is 0 Å². The fourth-order valence-corrected chi connectivity index (χ4v) is 2.05. The lowest BCUT2D eigenvalue weighted by molar-refractivity contribution is 0.0690. The maximum Gasteiger partial charge on any atom is 0.352 e. The molecule has 2 aromatic carbocycles. The van der Waals surface area contributed by atoms with Crippen LogP contribution in [0.2, 0.25) is 0 Å². The summed E-state index contributed by atoms with van der Waals surface area (Å²) in [4.78, 5) is 25.1. The average Bonchev–Trinajstić information content (AvgIpc) is 2.48. The minimum absolute atomic E-state index is 0.149. The largest absolute Gasteiger partial charge is 0.477 e. The van der Waals surface area contributed by atoms with Gasteiger partial charge in [0.1, 0.15) is 17.2 Å². The molecule has 0 unspecified atom stereocenters. The Labute approximate surface area is 119 Å². The number of carbonyl (C=O) groups is 1. The van der Waals surface area contributed by atoms with Gasteiger partial charge in [-0.15, -0.1) is 0 Å². The summed E-state index contributed by atoms with van der Waals surface area (Å²) >= 11 is 0. The number of pyridine rings is 1. The number of nitrogens with one attached hydrogen (secondary N) is 1. The molecule has 1 aromatic heterocycles. The third-order valence-electron chi connectivity index (χ3n) is 3.03. The van der Waals surface area contributed by atoms with Crippen LogP contribution < -0.4 is 10.3 Å². The van der Waals surface area contributed by atoms with Crippen LogP contribution in [-0.4, -0.2) is 16.1 Å². The van der Waals surface area contributed by atoms with Crippen LogP contribution in [0.25, 0.3) is 10.8 Å². The van der Waals surface area contributed by atoms with Crippen molar-refractivity contribution < 1.29 is 14.6 Å². The molecular formula is C16H11NO4. The molecule has 0 aliphatic carbocycles. The molecule has 3 aromatic rings. The Balaban J connectivity index is 2.06. The van der Waals surface area contributed by atoms with Crippen molar-refractivity contribution in [3.63, 3.8) is 0 Å². The van der Waals surface area contributed by atoms with Gasteiger partial charge in [0.2, 0.25) is 0 Å². The number of aromatic carboxylic acids is 1. The number of hydrogen-bond acceptors (Lipinski definition) is 3. The van der Waals surface area contributed by atoms with Gasteiger partial charge < -0.3 is 14.8 Å². The number of ether oxygens (including phenoxy) is 1. The summed E-state index contributed by atoms with van der Waals surface area (Å²) in [5.41, 5.74) is -0.583. The smallest absolute Gasteiger partial charge is 0.352 e. The van der Waals surface area contributed by atoms with E-state index in [1.807, 2.05) is 30.3 Å². The van der Waals surface area contributed by atoms with E-state index in [0.717, 1.165) is 0 Å². The number of fused-ring (bicyclic) bond motifs is 1. The van der Waals surface area contributed by atoms with Gasteiger partial charge in [-0.25, -0.2) is 4.79 Å². The van der Waals surface area contributed by atoms with Crippen molar-refractivity contribution in [3.05, 3.63) is 70.6 Å². The molecule has 2 N–H and O–H groups in total. The molecule has 0 saturated carbocycles. The van der Waals surface area contributed by atoms with E-state index in [4.69, 9.17) is 9.84 Å². The van der Waals surface area contributed by atoms with Gasteiger partial charge in [-0.2, -0.15) is 0 Å². The Hall–Kier alpha value is -3.08. The third kappa shape index (κ3) is 2.62. The summed E-state index contributed by atoms with van der Waals surface area (Å²) in [6, 6.07) is 15.5. The first kappa shape index (κ1) is 12.9. The maximum absolute atomic E-state index is 11.8. The van der Waals surface area contributed by atoms with Gasteiger partial charge in [0.05, 0.1) is 0 Å². The van der Waals surface area contributed by atoms with Crippen LogP contribution >= 0.6 is 0 Å². The van der Waals surface area contributed by atoms with Gasteiger partial charge >= 0.3 is 5.97 Å². The van der Waals surface area contributed by atoms with Gasteiger partial charge in [0.25, 0.3) is 5.56 Å². The highest BCUT2D eigenvalue weighted by molar-refractivity contribution is 5.92. The Kier molecular flexibility index (Phi) is 3.16. The van der Waals surface area contributed by atoms with Gasteiger partial charge in [0, 0.05) is 5.39 Å². The first-order valence-electron chi connectivity index (χ1n) is 6.27. The summed E-state index contributed by atoms with van der Waals surface area (Å²) in [6.45, 7) is 0. The summed E-state index contributed by atoms with van der Waals surface area (Å²) < 4.78 is 5.67. The zero-order valence-electron chi connectivity index (χ0n) is 10.9. The van der Waals surface area contributed by atoms with Crippen LogP contribution in [0.1, 0.15) is 10.5 Å². The van der Waals surface area contributed by atoms with Crippen LogP contribution in [0.3, 0.4) is 0 Å². The van der Waals surface area contributed by atoms with Gasteiger partial charge in [0.15, 0.2) is 0 Å². The third-order valence-corrected chi connectivity index (χ3v) is 3.03. The number of rotatable bonds is 3. The minimum atomic E-state index is -1.18. The molecule has 0 radical (unpaired) electrons. The average molecular weight is 281 g/mol. The molecule has 0 fully saturated rings. The number of carboxylic acid groups (broad SMARTS) is 1. The summed E-state index contributed by atoms with van der Waals surface area (Å²) in [6.07, 6.45) is 0. The summed E-state index contributed by atoms with van der Waals surface area (Å²) in [5, 5.41) is 9.91. The molecule has 3 rings (SSSR count). The summed E-state index contributed by atoms with van der Waals surface area (Å²) in [7, 11) is 0. The molecule has 0 spiro atoms. The van der Waals surface area contributed by atoms with E-state index in [0.29, 0.717) is 22.3 Å². The van der Waals surface area contributed by atoms with Crippen LogP contribution in [0, 0.1) is 0 Å². The lowest BCUT2D eigenvalue weighted by Crippen LogP contribution is -2.12. The predicted octanol–water partition coefficient (Wildman–Crippen LogP) is 3.02. The second kappa shape index (κ2) is 5.13. The Morgan fingerprint density at radius 1 is 1.00 bits per heavy atom. The van der Waals surface area contributed by atoms with Gasteiger partial charge in [-0.1, -0.05) is 18.2 Å². The number of aromatic nitrogens is 1.